The molecule has 15 heavy (non-hydrogen) atoms. The maximum Gasteiger partial charge on any atom is 0.167 e. The number of halogens is 1. The molecule has 0 aliphatic rings. The van der Waals surface area contributed by atoms with Crippen molar-refractivity contribution in [3.63, 3.8) is 0 Å². The molecule has 2 nitrogen and oxygen atoms in total. The van der Waals surface area contributed by atoms with Gasteiger partial charge in [-0.3, -0.25) is 4.79 Å². The molecule has 3 heteroatoms. The van der Waals surface area contributed by atoms with Crippen LogP contribution < -0.4 is 5.73 Å². The molecular weight excluding hydrogens is 193 g/mol. The van der Waals surface area contributed by atoms with Gasteiger partial charge in [-0.2, -0.15) is 0 Å². The zero-order chi connectivity index (χ0) is 11.4. The fourth-order valence-corrected chi connectivity index (χ4v) is 1.51. The summed E-state index contributed by atoms with van der Waals surface area (Å²) in [4.78, 5) is 11.9. The molecule has 0 aliphatic carbocycles. The summed E-state index contributed by atoms with van der Waals surface area (Å²) in [6.45, 7) is 4.24. The molecule has 0 aliphatic heterocycles. The molecule has 0 amide bonds. The van der Waals surface area contributed by atoms with E-state index in [-0.39, 0.29) is 23.4 Å². The molecule has 0 aromatic heterocycles. The first-order valence-electron chi connectivity index (χ1n) is 5.06. The van der Waals surface area contributed by atoms with Crippen LogP contribution in [0.5, 0.6) is 0 Å². The Balaban J connectivity index is 2.88. The number of benzene rings is 1. The van der Waals surface area contributed by atoms with Crippen molar-refractivity contribution in [2.75, 3.05) is 6.54 Å². The maximum atomic E-state index is 12.7. The van der Waals surface area contributed by atoms with Crippen LogP contribution in [-0.4, -0.2) is 12.3 Å². The van der Waals surface area contributed by atoms with E-state index >= 15 is 0 Å². The van der Waals surface area contributed by atoms with Crippen molar-refractivity contribution in [3.8, 4) is 0 Å². The first kappa shape index (κ1) is 11.9. The second kappa shape index (κ2) is 5.03. The topological polar surface area (TPSA) is 43.1 Å². The summed E-state index contributed by atoms with van der Waals surface area (Å²) in [5.74, 6) is -0.323. The van der Waals surface area contributed by atoms with Crippen LogP contribution in [0.2, 0.25) is 0 Å². The lowest BCUT2D eigenvalue weighted by Crippen LogP contribution is -2.28. The summed E-state index contributed by atoms with van der Waals surface area (Å²) >= 11 is 0. The van der Waals surface area contributed by atoms with Crippen molar-refractivity contribution in [2.45, 2.75) is 13.8 Å². The summed E-state index contributed by atoms with van der Waals surface area (Å²) in [6, 6.07) is 5.59. The van der Waals surface area contributed by atoms with Gasteiger partial charge in [0.2, 0.25) is 0 Å². The van der Waals surface area contributed by atoms with Gasteiger partial charge in [-0.15, -0.1) is 0 Å². The van der Waals surface area contributed by atoms with Crippen LogP contribution in [0.1, 0.15) is 24.2 Å². The zero-order valence-electron chi connectivity index (χ0n) is 9.03. The monoisotopic (exact) mass is 209 g/mol. The van der Waals surface area contributed by atoms with Crippen LogP contribution >= 0.6 is 0 Å². The molecule has 1 unspecified atom stereocenters. The predicted octanol–water partition coefficient (Wildman–Crippen LogP) is 2.24. The number of ketones is 1. The number of rotatable bonds is 4. The van der Waals surface area contributed by atoms with Crippen LogP contribution in [0.15, 0.2) is 24.3 Å². The van der Waals surface area contributed by atoms with Gasteiger partial charge in [0, 0.05) is 18.0 Å². The summed E-state index contributed by atoms with van der Waals surface area (Å²) in [5, 5.41) is 0. The molecule has 0 heterocycles. The van der Waals surface area contributed by atoms with Gasteiger partial charge in [0.15, 0.2) is 5.78 Å². The first-order chi connectivity index (χ1) is 7.06. The molecule has 2 N–H and O–H groups in total. The SMILES string of the molecule is CC(C)C(CN)C(=O)c1ccc(F)cc1. The zero-order valence-corrected chi connectivity index (χ0v) is 9.03. The normalized spacial score (nSPS) is 12.9. The summed E-state index contributed by atoms with van der Waals surface area (Å²) in [5.41, 5.74) is 6.08. The minimum atomic E-state index is -0.333. The lowest BCUT2D eigenvalue weighted by atomic mass is 9.88. The van der Waals surface area contributed by atoms with Gasteiger partial charge < -0.3 is 5.73 Å². The van der Waals surface area contributed by atoms with Gasteiger partial charge in [0.05, 0.1) is 0 Å². The minimum absolute atomic E-state index is 0.00694. The number of hydrogen-bond donors (Lipinski definition) is 1. The second-order valence-electron chi connectivity index (χ2n) is 3.96. The third kappa shape index (κ3) is 2.86. The lowest BCUT2D eigenvalue weighted by molar-refractivity contribution is 0.0892. The minimum Gasteiger partial charge on any atom is -0.330 e. The van der Waals surface area contributed by atoms with Crippen LogP contribution in [0.3, 0.4) is 0 Å². The summed E-state index contributed by atoms with van der Waals surface area (Å²) in [6.07, 6.45) is 0. The van der Waals surface area contributed by atoms with E-state index in [1.165, 1.54) is 24.3 Å². The Morgan fingerprint density at radius 2 is 1.87 bits per heavy atom. The number of nitrogens with two attached hydrogens (primary N) is 1. The summed E-state index contributed by atoms with van der Waals surface area (Å²) < 4.78 is 12.7. The van der Waals surface area contributed by atoms with E-state index in [1.54, 1.807) is 0 Å². The highest BCUT2D eigenvalue weighted by Crippen LogP contribution is 2.16. The average Bonchev–Trinajstić information content (AvgIpc) is 2.19. The van der Waals surface area contributed by atoms with Crippen molar-refractivity contribution in [1.29, 1.82) is 0 Å². The van der Waals surface area contributed by atoms with Crippen LogP contribution in [0, 0.1) is 17.7 Å². The van der Waals surface area contributed by atoms with E-state index in [1.807, 2.05) is 13.8 Å². The van der Waals surface area contributed by atoms with Gasteiger partial charge in [0.25, 0.3) is 0 Å². The fraction of sp³-hybridized carbons (Fsp3) is 0.417. The van der Waals surface area contributed by atoms with Gasteiger partial charge in [0.1, 0.15) is 5.82 Å². The van der Waals surface area contributed by atoms with Crippen LogP contribution in [-0.2, 0) is 0 Å². The molecule has 1 aromatic rings. The first-order valence-corrected chi connectivity index (χ1v) is 5.06. The van der Waals surface area contributed by atoms with Crippen molar-refractivity contribution in [1.82, 2.24) is 0 Å². The number of carbonyl (C=O) groups is 1. The average molecular weight is 209 g/mol. The molecule has 1 atom stereocenters. The van der Waals surface area contributed by atoms with E-state index in [0.717, 1.165) is 0 Å². The standard InChI is InChI=1S/C12H16FNO/c1-8(2)11(7-14)12(15)9-3-5-10(13)6-4-9/h3-6,8,11H,7,14H2,1-2H3. The molecule has 0 saturated carbocycles. The number of carbonyl (C=O) groups excluding carboxylic acids is 1. The highest BCUT2D eigenvalue weighted by molar-refractivity contribution is 5.98. The summed E-state index contributed by atoms with van der Waals surface area (Å²) in [7, 11) is 0. The van der Waals surface area contributed by atoms with E-state index < -0.39 is 0 Å². The molecule has 82 valence electrons. The Bertz CT molecular complexity index is 332. The highest BCUT2D eigenvalue weighted by Gasteiger charge is 2.21. The Hall–Kier alpha value is -1.22. The molecular formula is C12H16FNO. The number of hydrogen-bond acceptors (Lipinski definition) is 2. The van der Waals surface area contributed by atoms with Crippen LogP contribution in [0.4, 0.5) is 4.39 Å². The quantitative estimate of drug-likeness (QED) is 0.773. The van der Waals surface area contributed by atoms with Crippen LogP contribution in [0.25, 0.3) is 0 Å². The van der Waals surface area contributed by atoms with E-state index in [2.05, 4.69) is 0 Å². The molecule has 0 fully saturated rings. The third-order valence-corrected chi connectivity index (χ3v) is 2.52. The van der Waals surface area contributed by atoms with E-state index in [4.69, 9.17) is 5.73 Å². The van der Waals surface area contributed by atoms with Crippen molar-refractivity contribution in [3.05, 3.63) is 35.6 Å². The molecule has 1 rings (SSSR count). The smallest absolute Gasteiger partial charge is 0.167 e. The second-order valence-corrected chi connectivity index (χ2v) is 3.96. The molecule has 1 aromatic carbocycles. The van der Waals surface area contributed by atoms with E-state index in [9.17, 15) is 9.18 Å². The largest absolute Gasteiger partial charge is 0.330 e. The van der Waals surface area contributed by atoms with Crippen molar-refractivity contribution < 1.29 is 9.18 Å². The molecule has 0 bridgehead atoms. The molecule has 0 saturated heterocycles. The van der Waals surface area contributed by atoms with Crippen molar-refractivity contribution >= 4 is 5.78 Å². The van der Waals surface area contributed by atoms with Gasteiger partial charge >= 0.3 is 0 Å². The van der Waals surface area contributed by atoms with Crippen molar-refractivity contribution in [2.24, 2.45) is 17.6 Å². The lowest BCUT2D eigenvalue weighted by Gasteiger charge is -2.17. The van der Waals surface area contributed by atoms with Gasteiger partial charge in [-0.1, -0.05) is 13.8 Å². The number of Topliss-reactive ketones (excluding diaryl/α,β-unsaturated/α-hetero) is 1. The maximum absolute atomic E-state index is 12.7. The fourth-order valence-electron chi connectivity index (χ4n) is 1.51. The highest BCUT2D eigenvalue weighted by atomic mass is 19.1. The predicted molar refractivity (Wildman–Crippen MR) is 58.1 cm³/mol. The van der Waals surface area contributed by atoms with Gasteiger partial charge in [-0.25, -0.2) is 4.39 Å². The van der Waals surface area contributed by atoms with E-state index in [0.29, 0.717) is 12.1 Å². The molecule has 0 radical (unpaired) electrons. The third-order valence-electron chi connectivity index (χ3n) is 2.52. The Morgan fingerprint density at radius 3 is 2.27 bits per heavy atom. The van der Waals surface area contributed by atoms with Gasteiger partial charge in [-0.05, 0) is 30.2 Å². The Labute approximate surface area is 89.3 Å². The Morgan fingerprint density at radius 1 is 1.33 bits per heavy atom. The molecule has 0 spiro atoms. The Kier molecular flexibility index (Phi) is 3.97.